The molecule has 1 fully saturated rings. The number of anilines is 2. The molecule has 4 nitrogen and oxygen atoms in total. The van der Waals surface area contributed by atoms with Crippen LogP contribution in [0.25, 0.3) is 0 Å². The van der Waals surface area contributed by atoms with Crippen molar-refractivity contribution in [2.24, 2.45) is 17.8 Å². The monoisotopic (exact) mass is 406 g/mol. The fourth-order valence-electron chi connectivity index (χ4n) is 4.37. The summed E-state index contributed by atoms with van der Waals surface area (Å²) in [6, 6.07) is 15.9. The van der Waals surface area contributed by atoms with Gasteiger partial charge in [0.2, 0.25) is 0 Å². The average Bonchev–Trinajstić information content (AvgIpc) is 2.72. The summed E-state index contributed by atoms with van der Waals surface area (Å²) >= 11 is 0. The molecule has 4 atom stereocenters. The Morgan fingerprint density at radius 2 is 1.87 bits per heavy atom. The van der Waals surface area contributed by atoms with Crippen LogP contribution in [0, 0.1) is 24.7 Å². The Kier molecular flexibility index (Phi) is 7.20. The summed E-state index contributed by atoms with van der Waals surface area (Å²) in [7, 11) is 0. The van der Waals surface area contributed by atoms with Crippen molar-refractivity contribution in [2.75, 3.05) is 17.7 Å². The van der Waals surface area contributed by atoms with Crippen LogP contribution >= 0.6 is 0 Å². The molecule has 2 aliphatic rings. The number of ether oxygens (including phenoxy) is 1. The maximum Gasteiger partial charge on any atom is 0.338 e. The van der Waals surface area contributed by atoms with Crippen molar-refractivity contribution >= 4 is 17.3 Å². The second-order valence-corrected chi connectivity index (χ2v) is 8.56. The van der Waals surface area contributed by atoms with Gasteiger partial charge < -0.3 is 15.8 Å². The third-order valence-corrected chi connectivity index (χ3v) is 6.15. The fourth-order valence-corrected chi connectivity index (χ4v) is 4.37. The molecule has 30 heavy (non-hydrogen) atoms. The Morgan fingerprint density at radius 1 is 1.13 bits per heavy atom. The zero-order valence-corrected chi connectivity index (χ0v) is 18.5. The van der Waals surface area contributed by atoms with Crippen LogP contribution in [0.2, 0.25) is 0 Å². The van der Waals surface area contributed by atoms with E-state index in [0.717, 1.165) is 17.5 Å². The topological polar surface area (TPSA) is 64.3 Å². The van der Waals surface area contributed by atoms with Gasteiger partial charge in [0.25, 0.3) is 0 Å². The van der Waals surface area contributed by atoms with E-state index >= 15 is 0 Å². The molecular formula is C26H34N2O2. The van der Waals surface area contributed by atoms with E-state index in [9.17, 15) is 4.79 Å². The highest BCUT2D eigenvalue weighted by Gasteiger charge is 2.38. The lowest BCUT2D eigenvalue weighted by Crippen LogP contribution is -2.39. The lowest BCUT2D eigenvalue weighted by molar-refractivity contribution is 0.0526. The minimum absolute atomic E-state index is 0.305. The standard InChI is InChI=1S/C19H26N2O2.C7H8/c1-4-23-19(22)13-5-6-17(16(20)9-13)21-18-10-15-11(2)7-14(15)8-12(18)3;1-7-5-3-2-4-6-7/h5-6,9-12,14,18,21H,4,7-8,20H2,1-3H3;2-6H,1H3. The van der Waals surface area contributed by atoms with Crippen LogP contribution in [0.5, 0.6) is 0 Å². The van der Waals surface area contributed by atoms with Crippen LogP contribution in [0.1, 0.15) is 49.5 Å². The lowest BCUT2D eigenvalue weighted by atomic mass is 9.63. The molecule has 2 aromatic rings. The number of carbonyl (C=O) groups excluding carboxylic acids is 1. The van der Waals surface area contributed by atoms with E-state index in [0.29, 0.717) is 29.8 Å². The van der Waals surface area contributed by atoms with Crippen molar-refractivity contribution in [3.63, 3.8) is 0 Å². The first-order chi connectivity index (χ1) is 14.4. The predicted molar refractivity (Wildman–Crippen MR) is 125 cm³/mol. The normalized spacial score (nSPS) is 24.3. The summed E-state index contributed by atoms with van der Waals surface area (Å²) in [5.41, 5.74) is 11.0. The third-order valence-electron chi connectivity index (χ3n) is 6.15. The molecule has 160 valence electrons. The molecule has 3 N–H and O–H groups in total. The van der Waals surface area contributed by atoms with Crippen LogP contribution in [0.4, 0.5) is 11.4 Å². The average molecular weight is 407 g/mol. The molecule has 0 saturated heterocycles. The Hall–Kier alpha value is -2.75. The van der Waals surface area contributed by atoms with E-state index in [1.54, 1.807) is 24.6 Å². The summed E-state index contributed by atoms with van der Waals surface area (Å²) in [5, 5.41) is 3.55. The first-order valence-electron chi connectivity index (χ1n) is 11.0. The molecule has 1 saturated carbocycles. The molecule has 2 aliphatic carbocycles. The van der Waals surface area contributed by atoms with Crippen LogP contribution in [-0.4, -0.2) is 18.6 Å². The van der Waals surface area contributed by atoms with E-state index in [-0.39, 0.29) is 5.97 Å². The number of nitrogens with two attached hydrogens (primary N) is 1. The van der Waals surface area contributed by atoms with Gasteiger partial charge in [0.05, 0.1) is 23.5 Å². The fraction of sp³-hybridized carbons (Fsp3) is 0.423. The molecular weight excluding hydrogens is 372 g/mol. The highest BCUT2D eigenvalue weighted by molar-refractivity contribution is 5.92. The van der Waals surface area contributed by atoms with Crippen molar-refractivity contribution in [1.29, 1.82) is 0 Å². The lowest BCUT2D eigenvalue weighted by Gasteiger charge is -2.45. The summed E-state index contributed by atoms with van der Waals surface area (Å²) in [6.07, 6.45) is 4.97. The number of carbonyl (C=O) groups is 1. The van der Waals surface area contributed by atoms with Crippen LogP contribution in [-0.2, 0) is 4.74 Å². The Labute approximate surface area is 180 Å². The number of aryl methyl sites for hydroxylation is 1. The first kappa shape index (κ1) is 21.9. The summed E-state index contributed by atoms with van der Waals surface area (Å²) in [4.78, 5) is 11.8. The van der Waals surface area contributed by atoms with Crippen molar-refractivity contribution < 1.29 is 9.53 Å². The van der Waals surface area contributed by atoms with Crippen LogP contribution in [0.3, 0.4) is 0 Å². The maximum absolute atomic E-state index is 11.8. The summed E-state index contributed by atoms with van der Waals surface area (Å²) in [6.45, 7) is 8.84. The number of nitrogen functional groups attached to an aromatic ring is 1. The Morgan fingerprint density at radius 3 is 2.43 bits per heavy atom. The molecule has 0 heterocycles. The molecule has 4 heteroatoms. The summed E-state index contributed by atoms with van der Waals surface area (Å²) < 4.78 is 5.01. The van der Waals surface area contributed by atoms with Crippen molar-refractivity contribution in [3.05, 3.63) is 71.3 Å². The quantitative estimate of drug-likeness (QED) is 0.380. The smallest absolute Gasteiger partial charge is 0.338 e. The maximum atomic E-state index is 11.8. The molecule has 0 aromatic heterocycles. The van der Waals surface area contributed by atoms with E-state index in [1.807, 2.05) is 24.3 Å². The van der Waals surface area contributed by atoms with Crippen LogP contribution < -0.4 is 11.1 Å². The highest BCUT2D eigenvalue weighted by atomic mass is 16.5. The van der Waals surface area contributed by atoms with Gasteiger partial charge in [-0.05, 0) is 62.6 Å². The number of nitrogens with one attached hydrogen (secondary N) is 1. The minimum atomic E-state index is -0.329. The third kappa shape index (κ3) is 5.24. The highest BCUT2D eigenvalue weighted by Crippen LogP contribution is 2.47. The van der Waals surface area contributed by atoms with Gasteiger partial charge in [-0.2, -0.15) is 0 Å². The van der Waals surface area contributed by atoms with Gasteiger partial charge in [-0.15, -0.1) is 0 Å². The number of benzene rings is 2. The number of allylic oxidation sites excluding steroid dienone is 1. The van der Waals surface area contributed by atoms with E-state index in [4.69, 9.17) is 10.5 Å². The Bertz CT molecular complexity index is 891. The van der Waals surface area contributed by atoms with Gasteiger partial charge in [0, 0.05) is 6.04 Å². The largest absolute Gasteiger partial charge is 0.462 e. The number of hydrogen-bond donors (Lipinski definition) is 2. The van der Waals surface area contributed by atoms with Gasteiger partial charge in [0.1, 0.15) is 0 Å². The molecule has 0 spiro atoms. The van der Waals surface area contributed by atoms with Crippen molar-refractivity contribution in [3.8, 4) is 0 Å². The zero-order chi connectivity index (χ0) is 21.7. The number of rotatable bonds is 4. The molecule has 0 aliphatic heterocycles. The van der Waals surface area contributed by atoms with Gasteiger partial charge in [-0.1, -0.05) is 61.4 Å². The number of esters is 1. The van der Waals surface area contributed by atoms with Crippen LogP contribution in [0.15, 0.2) is 60.2 Å². The van der Waals surface area contributed by atoms with E-state index in [2.05, 4.69) is 44.3 Å². The van der Waals surface area contributed by atoms with Gasteiger partial charge >= 0.3 is 5.97 Å². The Balaban J connectivity index is 0.000000310. The van der Waals surface area contributed by atoms with Gasteiger partial charge in [-0.25, -0.2) is 4.79 Å². The number of fused-ring (bicyclic) bond motifs is 1. The van der Waals surface area contributed by atoms with Gasteiger partial charge in [0.15, 0.2) is 0 Å². The molecule has 0 amide bonds. The second-order valence-electron chi connectivity index (χ2n) is 8.56. The summed E-state index contributed by atoms with van der Waals surface area (Å²) in [5.74, 6) is 1.77. The van der Waals surface area contributed by atoms with Crippen molar-refractivity contribution in [1.82, 2.24) is 0 Å². The minimum Gasteiger partial charge on any atom is -0.462 e. The number of hydrogen-bond acceptors (Lipinski definition) is 4. The molecule has 4 rings (SSSR count). The van der Waals surface area contributed by atoms with E-state index < -0.39 is 0 Å². The molecule has 4 unspecified atom stereocenters. The molecule has 0 radical (unpaired) electrons. The van der Waals surface area contributed by atoms with Crippen molar-refractivity contribution in [2.45, 2.75) is 46.6 Å². The molecule has 2 aromatic carbocycles. The zero-order valence-electron chi connectivity index (χ0n) is 18.5. The first-order valence-corrected chi connectivity index (χ1v) is 11.0. The predicted octanol–water partition coefficient (Wildman–Crippen LogP) is 5.84. The van der Waals surface area contributed by atoms with Gasteiger partial charge in [-0.3, -0.25) is 0 Å². The molecule has 0 bridgehead atoms. The SMILES string of the molecule is CCOC(=O)c1ccc(NC2C=C3C(C)CC3CC2C)c(N)c1.Cc1ccccc1. The van der Waals surface area contributed by atoms with E-state index in [1.165, 1.54) is 18.4 Å². The second kappa shape index (κ2) is 9.84.